The number of hydrogen-bond donors (Lipinski definition) is 1. The summed E-state index contributed by atoms with van der Waals surface area (Å²) in [5.74, 6) is -0.373. The molecule has 4 nitrogen and oxygen atoms in total. The Morgan fingerprint density at radius 1 is 1.35 bits per heavy atom. The molecule has 0 saturated carbocycles. The lowest BCUT2D eigenvalue weighted by atomic mass is 10.1. The summed E-state index contributed by atoms with van der Waals surface area (Å²) in [7, 11) is 0. The molecule has 0 unspecified atom stereocenters. The van der Waals surface area contributed by atoms with Gasteiger partial charge in [0.05, 0.1) is 18.8 Å². The minimum absolute atomic E-state index is 0.373. The van der Waals surface area contributed by atoms with E-state index >= 15 is 0 Å². The lowest BCUT2D eigenvalue weighted by Crippen LogP contribution is -2.09. The average Bonchev–Trinajstić information content (AvgIpc) is 2.35. The first-order valence-corrected chi connectivity index (χ1v) is 5.82. The van der Waals surface area contributed by atoms with Crippen molar-refractivity contribution in [1.82, 2.24) is 0 Å². The minimum atomic E-state index is -0.373. The lowest BCUT2D eigenvalue weighted by Gasteiger charge is -2.08. The van der Waals surface area contributed by atoms with E-state index < -0.39 is 0 Å². The van der Waals surface area contributed by atoms with E-state index in [0.29, 0.717) is 31.1 Å². The predicted molar refractivity (Wildman–Crippen MR) is 66.8 cm³/mol. The molecule has 4 heteroatoms. The third-order valence-electron chi connectivity index (χ3n) is 2.25. The number of rotatable bonds is 6. The van der Waals surface area contributed by atoms with Crippen molar-refractivity contribution >= 4 is 11.7 Å². The molecule has 17 heavy (non-hydrogen) atoms. The first-order valence-electron chi connectivity index (χ1n) is 5.82. The Hall–Kier alpha value is -1.55. The van der Waals surface area contributed by atoms with Crippen LogP contribution in [0.5, 0.6) is 0 Å². The molecular weight excluding hydrogens is 218 g/mol. The van der Waals surface area contributed by atoms with E-state index in [1.54, 1.807) is 12.1 Å². The van der Waals surface area contributed by atoms with Crippen LogP contribution in [0.2, 0.25) is 0 Å². The fraction of sp³-hybridized carbons (Fsp3) is 0.462. The molecular formula is C13H19NO3. The van der Waals surface area contributed by atoms with Crippen molar-refractivity contribution in [3.63, 3.8) is 0 Å². The SMILES string of the molecule is CCCOC(=O)c1cc(COCC)ccc1N. The summed E-state index contributed by atoms with van der Waals surface area (Å²) in [5, 5.41) is 0. The molecule has 0 aliphatic rings. The summed E-state index contributed by atoms with van der Waals surface area (Å²) in [6, 6.07) is 5.28. The Morgan fingerprint density at radius 3 is 2.76 bits per heavy atom. The summed E-state index contributed by atoms with van der Waals surface area (Å²) in [4.78, 5) is 11.7. The molecule has 1 aromatic rings. The number of nitrogens with two attached hydrogens (primary N) is 1. The highest BCUT2D eigenvalue weighted by Crippen LogP contribution is 2.16. The molecule has 0 aromatic heterocycles. The van der Waals surface area contributed by atoms with Crippen LogP contribution in [0.15, 0.2) is 18.2 Å². The largest absolute Gasteiger partial charge is 0.462 e. The quantitative estimate of drug-likeness (QED) is 0.609. The van der Waals surface area contributed by atoms with E-state index in [2.05, 4.69) is 0 Å². The number of carbonyl (C=O) groups is 1. The van der Waals surface area contributed by atoms with Gasteiger partial charge in [-0.05, 0) is 31.0 Å². The molecule has 0 bridgehead atoms. The van der Waals surface area contributed by atoms with Crippen LogP contribution in [-0.2, 0) is 16.1 Å². The lowest BCUT2D eigenvalue weighted by molar-refractivity contribution is 0.0506. The second-order valence-corrected chi connectivity index (χ2v) is 3.69. The smallest absolute Gasteiger partial charge is 0.340 e. The van der Waals surface area contributed by atoms with Crippen LogP contribution >= 0.6 is 0 Å². The van der Waals surface area contributed by atoms with Gasteiger partial charge >= 0.3 is 5.97 Å². The molecule has 0 spiro atoms. The fourth-order valence-electron chi connectivity index (χ4n) is 1.36. The molecule has 0 fully saturated rings. The molecule has 0 aliphatic heterocycles. The first kappa shape index (κ1) is 13.5. The van der Waals surface area contributed by atoms with Gasteiger partial charge in [0.25, 0.3) is 0 Å². The second kappa shape index (κ2) is 6.91. The van der Waals surface area contributed by atoms with Gasteiger partial charge in [0.2, 0.25) is 0 Å². The van der Waals surface area contributed by atoms with Crippen LogP contribution in [0, 0.1) is 0 Å². The zero-order valence-electron chi connectivity index (χ0n) is 10.4. The number of benzene rings is 1. The average molecular weight is 237 g/mol. The molecule has 0 atom stereocenters. The Morgan fingerprint density at radius 2 is 2.12 bits per heavy atom. The molecule has 0 radical (unpaired) electrons. The van der Waals surface area contributed by atoms with Crippen molar-refractivity contribution in [3.05, 3.63) is 29.3 Å². The highest BCUT2D eigenvalue weighted by atomic mass is 16.5. The molecule has 2 N–H and O–H groups in total. The third kappa shape index (κ3) is 4.07. The van der Waals surface area contributed by atoms with Gasteiger partial charge in [0, 0.05) is 12.3 Å². The molecule has 0 heterocycles. The van der Waals surface area contributed by atoms with Gasteiger partial charge in [-0.15, -0.1) is 0 Å². The number of ether oxygens (including phenoxy) is 2. The van der Waals surface area contributed by atoms with E-state index in [1.807, 2.05) is 19.9 Å². The Bertz CT molecular complexity index is 377. The second-order valence-electron chi connectivity index (χ2n) is 3.69. The van der Waals surface area contributed by atoms with Gasteiger partial charge < -0.3 is 15.2 Å². The van der Waals surface area contributed by atoms with Gasteiger partial charge in [0.15, 0.2) is 0 Å². The van der Waals surface area contributed by atoms with Gasteiger partial charge in [0.1, 0.15) is 0 Å². The third-order valence-corrected chi connectivity index (χ3v) is 2.25. The summed E-state index contributed by atoms with van der Waals surface area (Å²) < 4.78 is 10.3. The van der Waals surface area contributed by atoms with Crippen LogP contribution in [-0.4, -0.2) is 19.2 Å². The van der Waals surface area contributed by atoms with E-state index in [0.717, 1.165) is 12.0 Å². The van der Waals surface area contributed by atoms with E-state index in [-0.39, 0.29) is 5.97 Å². The predicted octanol–water partition coefficient (Wildman–Crippen LogP) is 2.37. The van der Waals surface area contributed by atoms with E-state index in [9.17, 15) is 4.79 Å². The van der Waals surface area contributed by atoms with Crippen molar-refractivity contribution in [2.24, 2.45) is 0 Å². The standard InChI is InChI=1S/C13H19NO3/c1-3-7-17-13(15)11-8-10(9-16-4-2)5-6-12(11)14/h5-6,8H,3-4,7,9,14H2,1-2H3. The van der Waals surface area contributed by atoms with E-state index in [4.69, 9.17) is 15.2 Å². The summed E-state index contributed by atoms with van der Waals surface area (Å²) >= 11 is 0. The van der Waals surface area contributed by atoms with Crippen molar-refractivity contribution in [2.75, 3.05) is 18.9 Å². The van der Waals surface area contributed by atoms with Gasteiger partial charge in [-0.2, -0.15) is 0 Å². The highest BCUT2D eigenvalue weighted by molar-refractivity contribution is 5.95. The van der Waals surface area contributed by atoms with Crippen LogP contribution in [0.1, 0.15) is 36.2 Å². The van der Waals surface area contributed by atoms with Crippen LogP contribution < -0.4 is 5.73 Å². The number of anilines is 1. The fourth-order valence-corrected chi connectivity index (χ4v) is 1.36. The van der Waals surface area contributed by atoms with Gasteiger partial charge in [-0.1, -0.05) is 13.0 Å². The topological polar surface area (TPSA) is 61.5 Å². The maximum Gasteiger partial charge on any atom is 0.340 e. The number of carbonyl (C=O) groups excluding carboxylic acids is 1. The number of hydrogen-bond acceptors (Lipinski definition) is 4. The zero-order chi connectivity index (χ0) is 12.7. The Balaban J connectivity index is 2.78. The molecule has 0 saturated heterocycles. The number of esters is 1. The van der Waals surface area contributed by atoms with E-state index in [1.165, 1.54) is 0 Å². The Labute approximate surface area is 102 Å². The van der Waals surface area contributed by atoms with Crippen molar-refractivity contribution < 1.29 is 14.3 Å². The maximum atomic E-state index is 11.7. The molecule has 1 aromatic carbocycles. The van der Waals surface area contributed by atoms with Gasteiger partial charge in [-0.3, -0.25) is 0 Å². The van der Waals surface area contributed by atoms with Crippen LogP contribution in [0.4, 0.5) is 5.69 Å². The molecule has 0 aliphatic carbocycles. The molecule has 1 rings (SSSR count). The monoisotopic (exact) mass is 237 g/mol. The summed E-state index contributed by atoms with van der Waals surface area (Å²) in [6.45, 7) is 5.40. The zero-order valence-corrected chi connectivity index (χ0v) is 10.4. The molecule has 94 valence electrons. The highest BCUT2D eigenvalue weighted by Gasteiger charge is 2.11. The Kier molecular flexibility index (Phi) is 5.49. The van der Waals surface area contributed by atoms with Crippen LogP contribution in [0.3, 0.4) is 0 Å². The number of nitrogen functional groups attached to an aromatic ring is 1. The van der Waals surface area contributed by atoms with Gasteiger partial charge in [-0.25, -0.2) is 4.79 Å². The van der Waals surface area contributed by atoms with Crippen LogP contribution in [0.25, 0.3) is 0 Å². The summed E-state index contributed by atoms with van der Waals surface area (Å²) in [5.41, 5.74) is 7.52. The normalized spacial score (nSPS) is 10.2. The first-order chi connectivity index (χ1) is 8.19. The minimum Gasteiger partial charge on any atom is -0.462 e. The van der Waals surface area contributed by atoms with Crippen molar-refractivity contribution in [2.45, 2.75) is 26.9 Å². The summed E-state index contributed by atoms with van der Waals surface area (Å²) in [6.07, 6.45) is 0.796. The van der Waals surface area contributed by atoms with Crippen molar-refractivity contribution in [1.29, 1.82) is 0 Å². The maximum absolute atomic E-state index is 11.7. The molecule has 0 amide bonds. The van der Waals surface area contributed by atoms with Crippen molar-refractivity contribution in [3.8, 4) is 0 Å².